The Hall–Kier alpha value is -3.42. The van der Waals surface area contributed by atoms with Crippen molar-refractivity contribution in [1.29, 1.82) is 0 Å². The zero-order chi connectivity index (χ0) is 22.4. The summed E-state index contributed by atoms with van der Waals surface area (Å²) < 4.78 is 20.9. The summed E-state index contributed by atoms with van der Waals surface area (Å²) in [6, 6.07) is 11.0. The van der Waals surface area contributed by atoms with Crippen molar-refractivity contribution in [2.45, 2.75) is 18.9 Å². The number of methoxy groups -OCH3 is 4. The molecule has 8 heteroatoms. The predicted molar refractivity (Wildman–Crippen MR) is 115 cm³/mol. The number of ether oxygens (including phenoxy) is 4. The van der Waals surface area contributed by atoms with Crippen molar-refractivity contribution in [3.05, 3.63) is 53.1 Å². The van der Waals surface area contributed by atoms with Crippen LogP contribution in [0.5, 0.6) is 17.2 Å². The van der Waals surface area contributed by atoms with Crippen LogP contribution in [0.2, 0.25) is 0 Å². The SMILES string of the molecule is COC(=O)CCNC(=O)N1CCc2cc(OC)c(OC)cc2C1c1ccc(OC)cc1. The average molecular weight is 428 g/mol. The van der Waals surface area contributed by atoms with Gasteiger partial charge >= 0.3 is 12.0 Å². The zero-order valence-electron chi connectivity index (χ0n) is 18.3. The van der Waals surface area contributed by atoms with Crippen molar-refractivity contribution < 1.29 is 28.5 Å². The van der Waals surface area contributed by atoms with Gasteiger partial charge in [-0.1, -0.05) is 12.1 Å². The van der Waals surface area contributed by atoms with Crippen molar-refractivity contribution in [3.63, 3.8) is 0 Å². The number of nitrogens with zero attached hydrogens (tertiary/aromatic N) is 1. The van der Waals surface area contributed by atoms with Crippen molar-refractivity contribution in [2.24, 2.45) is 0 Å². The average Bonchev–Trinajstić information content (AvgIpc) is 2.82. The molecule has 2 amide bonds. The maximum atomic E-state index is 13.0. The summed E-state index contributed by atoms with van der Waals surface area (Å²) in [5.41, 5.74) is 3.01. The minimum atomic E-state index is -0.368. The van der Waals surface area contributed by atoms with E-state index in [1.807, 2.05) is 36.4 Å². The van der Waals surface area contributed by atoms with Gasteiger partial charge in [0.15, 0.2) is 11.5 Å². The van der Waals surface area contributed by atoms with Gasteiger partial charge in [-0.3, -0.25) is 4.79 Å². The van der Waals surface area contributed by atoms with E-state index in [0.717, 1.165) is 22.4 Å². The number of benzene rings is 2. The molecule has 0 aliphatic carbocycles. The number of hydrogen-bond acceptors (Lipinski definition) is 6. The molecule has 31 heavy (non-hydrogen) atoms. The van der Waals surface area contributed by atoms with Crippen LogP contribution in [-0.4, -0.2) is 58.4 Å². The maximum Gasteiger partial charge on any atom is 0.318 e. The summed E-state index contributed by atoms with van der Waals surface area (Å²) in [4.78, 5) is 26.2. The van der Waals surface area contributed by atoms with Crippen molar-refractivity contribution in [2.75, 3.05) is 41.5 Å². The number of fused-ring (bicyclic) bond motifs is 1. The topological polar surface area (TPSA) is 86.3 Å². The summed E-state index contributed by atoms with van der Waals surface area (Å²) in [5, 5.41) is 2.83. The monoisotopic (exact) mass is 428 g/mol. The van der Waals surface area contributed by atoms with E-state index < -0.39 is 0 Å². The molecule has 0 radical (unpaired) electrons. The van der Waals surface area contributed by atoms with Gasteiger partial charge in [0, 0.05) is 13.1 Å². The predicted octanol–water partition coefficient (Wildman–Crippen LogP) is 2.93. The largest absolute Gasteiger partial charge is 0.497 e. The number of esters is 1. The number of amides is 2. The number of hydrogen-bond donors (Lipinski definition) is 1. The van der Waals surface area contributed by atoms with E-state index in [4.69, 9.17) is 14.2 Å². The van der Waals surface area contributed by atoms with Crippen LogP contribution in [0, 0.1) is 0 Å². The van der Waals surface area contributed by atoms with Crippen LogP contribution in [0.4, 0.5) is 4.79 Å². The van der Waals surface area contributed by atoms with Crippen LogP contribution in [0.15, 0.2) is 36.4 Å². The number of nitrogens with one attached hydrogen (secondary N) is 1. The number of carbonyl (C=O) groups excluding carboxylic acids is 2. The molecule has 8 nitrogen and oxygen atoms in total. The first-order valence-electron chi connectivity index (χ1n) is 10.0. The van der Waals surface area contributed by atoms with Gasteiger partial charge in [-0.2, -0.15) is 0 Å². The van der Waals surface area contributed by atoms with Gasteiger partial charge in [-0.05, 0) is 47.4 Å². The van der Waals surface area contributed by atoms with Crippen LogP contribution < -0.4 is 19.5 Å². The third-order valence-electron chi connectivity index (χ3n) is 5.40. The Labute approximate surface area is 182 Å². The molecule has 0 saturated heterocycles. The Bertz CT molecular complexity index is 928. The summed E-state index contributed by atoms with van der Waals surface area (Å²) in [6.07, 6.45) is 0.789. The van der Waals surface area contributed by atoms with Crippen LogP contribution in [-0.2, 0) is 16.0 Å². The molecule has 0 bridgehead atoms. The van der Waals surface area contributed by atoms with Gasteiger partial charge in [-0.15, -0.1) is 0 Å². The molecule has 1 N–H and O–H groups in total. The molecule has 166 valence electrons. The lowest BCUT2D eigenvalue weighted by Crippen LogP contribution is -2.46. The van der Waals surface area contributed by atoms with E-state index in [9.17, 15) is 9.59 Å². The molecule has 1 aliphatic rings. The van der Waals surface area contributed by atoms with Gasteiger partial charge < -0.3 is 29.2 Å². The first-order chi connectivity index (χ1) is 15.0. The highest BCUT2D eigenvalue weighted by molar-refractivity contribution is 5.77. The Morgan fingerprint density at radius 2 is 1.68 bits per heavy atom. The fourth-order valence-corrected chi connectivity index (χ4v) is 3.79. The summed E-state index contributed by atoms with van der Waals surface area (Å²) in [7, 11) is 6.14. The molecular weight excluding hydrogens is 400 g/mol. The minimum Gasteiger partial charge on any atom is -0.497 e. The molecule has 0 saturated carbocycles. The molecule has 1 unspecified atom stereocenters. The Kier molecular flexibility index (Phi) is 7.23. The van der Waals surface area contributed by atoms with Gasteiger partial charge in [0.1, 0.15) is 5.75 Å². The van der Waals surface area contributed by atoms with Crippen molar-refractivity contribution in [3.8, 4) is 17.2 Å². The van der Waals surface area contributed by atoms with Crippen LogP contribution in [0.25, 0.3) is 0 Å². The van der Waals surface area contributed by atoms with E-state index in [-0.39, 0.29) is 31.0 Å². The first kappa shape index (κ1) is 22.3. The molecule has 1 heterocycles. The second-order valence-electron chi connectivity index (χ2n) is 7.08. The zero-order valence-corrected chi connectivity index (χ0v) is 18.3. The number of carbonyl (C=O) groups is 2. The first-order valence-corrected chi connectivity index (χ1v) is 10.0. The fraction of sp³-hybridized carbons (Fsp3) is 0.391. The van der Waals surface area contributed by atoms with E-state index in [1.165, 1.54) is 7.11 Å². The normalized spacial score (nSPS) is 15.0. The lowest BCUT2D eigenvalue weighted by atomic mass is 9.87. The maximum absolute atomic E-state index is 13.0. The van der Waals surface area contributed by atoms with E-state index in [0.29, 0.717) is 24.5 Å². The fourth-order valence-electron chi connectivity index (χ4n) is 3.79. The summed E-state index contributed by atoms with van der Waals surface area (Å²) >= 11 is 0. The minimum absolute atomic E-state index is 0.116. The Morgan fingerprint density at radius 3 is 2.29 bits per heavy atom. The molecule has 1 aliphatic heterocycles. The highest BCUT2D eigenvalue weighted by atomic mass is 16.5. The van der Waals surface area contributed by atoms with Crippen LogP contribution in [0.3, 0.4) is 0 Å². The lowest BCUT2D eigenvalue weighted by Gasteiger charge is -2.38. The number of rotatable bonds is 7. The van der Waals surface area contributed by atoms with Gasteiger partial charge in [-0.25, -0.2) is 4.79 Å². The number of urea groups is 1. The Balaban J connectivity index is 1.97. The molecule has 0 aromatic heterocycles. The molecule has 2 aromatic carbocycles. The second-order valence-corrected chi connectivity index (χ2v) is 7.08. The van der Waals surface area contributed by atoms with Gasteiger partial charge in [0.2, 0.25) is 0 Å². The van der Waals surface area contributed by atoms with Crippen LogP contribution in [0.1, 0.15) is 29.2 Å². The molecule has 1 atom stereocenters. The quantitative estimate of drug-likeness (QED) is 0.683. The summed E-state index contributed by atoms with van der Waals surface area (Å²) in [5.74, 6) is 1.63. The standard InChI is InChI=1S/C23H28N2O6/c1-28-17-7-5-15(6-8-17)22-18-14-20(30-3)19(29-2)13-16(18)10-12-25(22)23(27)24-11-9-21(26)31-4/h5-8,13-14,22H,9-12H2,1-4H3,(H,24,27). The smallest absolute Gasteiger partial charge is 0.318 e. The highest BCUT2D eigenvalue weighted by Crippen LogP contribution is 2.41. The molecule has 0 spiro atoms. The van der Waals surface area contributed by atoms with Gasteiger partial charge in [0.25, 0.3) is 0 Å². The second kappa shape index (κ2) is 10.1. The van der Waals surface area contributed by atoms with Crippen molar-refractivity contribution >= 4 is 12.0 Å². The van der Waals surface area contributed by atoms with E-state index in [1.54, 1.807) is 26.2 Å². The highest BCUT2D eigenvalue weighted by Gasteiger charge is 2.33. The van der Waals surface area contributed by atoms with Crippen molar-refractivity contribution in [1.82, 2.24) is 10.2 Å². The summed E-state index contributed by atoms with van der Waals surface area (Å²) in [6.45, 7) is 0.722. The lowest BCUT2D eigenvalue weighted by molar-refractivity contribution is -0.140. The van der Waals surface area contributed by atoms with E-state index in [2.05, 4.69) is 10.1 Å². The molecule has 2 aromatic rings. The van der Waals surface area contributed by atoms with Crippen LogP contribution >= 0.6 is 0 Å². The Morgan fingerprint density at radius 1 is 1.00 bits per heavy atom. The molecule has 3 rings (SSSR count). The van der Waals surface area contributed by atoms with Gasteiger partial charge in [0.05, 0.1) is 40.9 Å². The third-order valence-corrected chi connectivity index (χ3v) is 5.40. The molecular formula is C23H28N2O6. The third kappa shape index (κ3) is 4.84. The molecule has 0 fully saturated rings. The van der Waals surface area contributed by atoms with E-state index >= 15 is 0 Å².